The van der Waals surface area contributed by atoms with Gasteiger partial charge >= 0.3 is 0 Å². The number of hydrogen-bond acceptors (Lipinski definition) is 5. The Hall–Kier alpha value is -2.86. The van der Waals surface area contributed by atoms with E-state index in [-0.39, 0.29) is 5.91 Å². The molecule has 0 saturated carbocycles. The van der Waals surface area contributed by atoms with E-state index in [1.54, 1.807) is 48.5 Å². The van der Waals surface area contributed by atoms with E-state index in [9.17, 15) is 9.59 Å². The van der Waals surface area contributed by atoms with Crippen LogP contribution in [-0.4, -0.2) is 22.4 Å². The molecule has 6 heteroatoms. The molecule has 22 heavy (non-hydrogen) atoms. The highest BCUT2D eigenvalue weighted by atomic mass is 32.1. The van der Waals surface area contributed by atoms with E-state index >= 15 is 0 Å². The lowest BCUT2D eigenvalue weighted by molar-refractivity contribution is 0.102. The number of amides is 1. The number of hydrogen-bond donors (Lipinski definition) is 1. The summed E-state index contributed by atoms with van der Waals surface area (Å²) in [5, 5.41) is 11.9. The normalized spacial score (nSPS) is 10.2. The number of nitrogens with zero attached hydrogens (tertiary/aromatic N) is 2. The topological polar surface area (TPSA) is 72.0 Å². The summed E-state index contributed by atoms with van der Waals surface area (Å²) in [6.07, 6.45) is 0.787. The molecule has 0 aliphatic rings. The van der Waals surface area contributed by atoms with Gasteiger partial charge < -0.3 is 0 Å². The van der Waals surface area contributed by atoms with Gasteiger partial charge in [-0.15, -0.1) is 10.2 Å². The van der Waals surface area contributed by atoms with E-state index in [1.165, 1.54) is 11.3 Å². The standard InChI is InChI=1S/C16H11N3O2S/c20-10-11-6-8-13(9-7-11)15-18-19-16(22-15)17-14(21)12-4-2-1-3-5-12/h1-10H,(H,17,19,21). The van der Waals surface area contributed by atoms with Crippen molar-refractivity contribution in [3.8, 4) is 10.6 Å². The smallest absolute Gasteiger partial charge is 0.257 e. The van der Waals surface area contributed by atoms with Gasteiger partial charge in [0.25, 0.3) is 5.91 Å². The predicted octanol–water partition coefficient (Wildman–Crippen LogP) is 3.27. The zero-order chi connectivity index (χ0) is 15.4. The summed E-state index contributed by atoms with van der Waals surface area (Å²) < 4.78 is 0. The first-order valence-corrected chi connectivity index (χ1v) is 7.33. The van der Waals surface area contributed by atoms with E-state index in [1.807, 2.05) is 6.07 Å². The van der Waals surface area contributed by atoms with Crippen LogP contribution in [0.2, 0.25) is 0 Å². The molecule has 0 aliphatic heterocycles. The van der Waals surface area contributed by atoms with Crippen molar-refractivity contribution in [3.05, 3.63) is 65.7 Å². The zero-order valence-corrected chi connectivity index (χ0v) is 12.2. The van der Waals surface area contributed by atoms with Gasteiger partial charge in [0.2, 0.25) is 5.13 Å². The Morgan fingerprint density at radius 1 is 1.00 bits per heavy atom. The van der Waals surface area contributed by atoms with Crippen LogP contribution in [0.3, 0.4) is 0 Å². The summed E-state index contributed by atoms with van der Waals surface area (Å²) in [5.74, 6) is -0.223. The first-order valence-electron chi connectivity index (χ1n) is 6.52. The van der Waals surface area contributed by atoms with Gasteiger partial charge in [0.05, 0.1) is 0 Å². The molecule has 3 rings (SSSR count). The maximum absolute atomic E-state index is 12.0. The minimum atomic E-state index is -0.223. The van der Waals surface area contributed by atoms with Crippen LogP contribution in [0.15, 0.2) is 54.6 Å². The Kier molecular flexibility index (Phi) is 4.02. The maximum Gasteiger partial charge on any atom is 0.257 e. The zero-order valence-electron chi connectivity index (χ0n) is 11.4. The Balaban J connectivity index is 1.76. The fraction of sp³-hybridized carbons (Fsp3) is 0. The SMILES string of the molecule is O=Cc1ccc(-c2nnc(NC(=O)c3ccccc3)s2)cc1. The lowest BCUT2D eigenvalue weighted by Gasteiger charge is -1.99. The third-order valence-corrected chi connectivity index (χ3v) is 3.86. The van der Waals surface area contributed by atoms with Gasteiger partial charge in [-0.25, -0.2) is 0 Å². The molecule has 0 saturated heterocycles. The highest BCUT2D eigenvalue weighted by Crippen LogP contribution is 2.26. The van der Waals surface area contributed by atoms with Crippen molar-refractivity contribution in [2.24, 2.45) is 0 Å². The number of benzene rings is 2. The van der Waals surface area contributed by atoms with E-state index < -0.39 is 0 Å². The van der Waals surface area contributed by atoms with Gasteiger partial charge in [0.1, 0.15) is 11.3 Å². The minimum absolute atomic E-state index is 0.223. The average Bonchev–Trinajstić information content (AvgIpc) is 3.04. The second-order valence-corrected chi connectivity index (χ2v) is 5.45. The minimum Gasteiger partial charge on any atom is -0.298 e. The van der Waals surface area contributed by atoms with Crippen LogP contribution in [0, 0.1) is 0 Å². The van der Waals surface area contributed by atoms with Gasteiger partial charge in [0, 0.05) is 16.7 Å². The number of aromatic nitrogens is 2. The third kappa shape index (κ3) is 3.07. The summed E-state index contributed by atoms with van der Waals surface area (Å²) in [4.78, 5) is 22.7. The average molecular weight is 309 g/mol. The molecule has 1 aromatic heterocycles. The quantitative estimate of drug-likeness (QED) is 0.751. The number of anilines is 1. The van der Waals surface area contributed by atoms with Gasteiger partial charge in [0.15, 0.2) is 0 Å². The fourth-order valence-electron chi connectivity index (χ4n) is 1.85. The van der Waals surface area contributed by atoms with Crippen LogP contribution in [0.25, 0.3) is 10.6 Å². The summed E-state index contributed by atoms with van der Waals surface area (Å²) >= 11 is 1.28. The molecule has 1 N–H and O–H groups in total. The Labute approximate surface area is 130 Å². The molecule has 0 aliphatic carbocycles. The van der Waals surface area contributed by atoms with Crippen LogP contribution >= 0.6 is 11.3 Å². The molecule has 0 fully saturated rings. The molecule has 0 bridgehead atoms. The number of nitrogens with one attached hydrogen (secondary N) is 1. The molecule has 0 atom stereocenters. The van der Waals surface area contributed by atoms with Crippen molar-refractivity contribution < 1.29 is 9.59 Å². The van der Waals surface area contributed by atoms with Crippen molar-refractivity contribution in [2.45, 2.75) is 0 Å². The molecule has 108 valence electrons. The molecule has 0 spiro atoms. The van der Waals surface area contributed by atoms with Gasteiger partial charge in [-0.05, 0) is 12.1 Å². The van der Waals surface area contributed by atoms with E-state index in [2.05, 4.69) is 15.5 Å². The number of carbonyl (C=O) groups excluding carboxylic acids is 2. The fourth-order valence-corrected chi connectivity index (χ4v) is 2.60. The molecular weight excluding hydrogens is 298 g/mol. The highest BCUT2D eigenvalue weighted by Gasteiger charge is 2.10. The lowest BCUT2D eigenvalue weighted by atomic mass is 10.2. The Morgan fingerprint density at radius 2 is 1.73 bits per heavy atom. The van der Waals surface area contributed by atoms with E-state index in [4.69, 9.17) is 0 Å². The Bertz CT molecular complexity index is 798. The lowest BCUT2D eigenvalue weighted by Crippen LogP contribution is -2.11. The predicted molar refractivity (Wildman–Crippen MR) is 85.1 cm³/mol. The van der Waals surface area contributed by atoms with Crippen molar-refractivity contribution in [1.82, 2.24) is 10.2 Å². The second-order valence-electron chi connectivity index (χ2n) is 4.47. The molecule has 1 amide bonds. The molecule has 1 heterocycles. The summed E-state index contributed by atoms with van der Waals surface area (Å²) in [5.41, 5.74) is 2.02. The van der Waals surface area contributed by atoms with Gasteiger partial charge in [-0.2, -0.15) is 0 Å². The maximum atomic E-state index is 12.0. The molecule has 3 aromatic rings. The summed E-state index contributed by atoms with van der Waals surface area (Å²) in [6, 6.07) is 15.9. The Morgan fingerprint density at radius 3 is 2.41 bits per heavy atom. The van der Waals surface area contributed by atoms with Crippen molar-refractivity contribution in [1.29, 1.82) is 0 Å². The van der Waals surface area contributed by atoms with E-state index in [0.717, 1.165) is 11.8 Å². The monoisotopic (exact) mass is 309 g/mol. The van der Waals surface area contributed by atoms with Gasteiger partial charge in [-0.1, -0.05) is 53.8 Å². The number of rotatable bonds is 4. The molecule has 2 aromatic carbocycles. The van der Waals surface area contributed by atoms with Crippen molar-refractivity contribution in [2.75, 3.05) is 5.32 Å². The molecule has 0 unspecified atom stereocenters. The van der Waals surface area contributed by atoms with Crippen LogP contribution in [0.4, 0.5) is 5.13 Å². The second kappa shape index (κ2) is 6.28. The van der Waals surface area contributed by atoms with Crippen molar-refractivity contribution in [3.63, 3.8) is 0 Å². The summed E-state index contributed by atoms with van der Waals surface area (Å²) in [7, 11) is 0. The first-order chi connectivity index (χ1) is 10.8. The van der Waals surface area contributed by atoms with Crippen LogP contribution in [0.1, 0.15) is 20.7 Å². The van der Waals surface area contributed by atoms with Crippen LogP contribution in [-0.2, 0) is 0 Å². The summed E-state index contributed by atoms with van der Waals surface area (Å²) in [6.45, 7) is 0. The number of aldehydes is 1. The van der Waals surface area contributed by atoms with Gasteiger partial charge in [-0.3, -0.25) is 14.9 Å². The largest absolute Gasteiger partial charge is 0.298 e. The molecule has 0 radical (unpaired) electrons. The third-order valence-electron chi connectivity index (χ3n) is 2.98. The first kappa shape index (κ1) is 14.1. The number of carbonyl (C=O) groups is 2. The highest BCUT2D eigenvalue weighted by molar-refractivity contribution is 7.18. The van der Waals surface area contributed by atoms with E-state index in [0.29, 0.717) is 21.3 Å². The molecular formula is C16H11N3O2S. The van der Waals surface area contributed by atoms with Crippen LogP contribution < -0.4 is 5.32 Å². The van der Waals surface area contributed by atoms with Crippen molar-refractivity contribution >= 4 is 28.7 Å². The molecule has 5 nitrogen and oxygen atoms in total. The van der Waals surface area contributed by atoms with Crippen LogP contribution in [0.5, 0.6) is 0 Å².